The minimum absolute atomic E-state index is 0.0851. The number of carbonyl (C=O) groups is 1. The molecule has 2 saturated heterocycles. The summed E-state index contributed by atoms with van der Waals surface area (Å²) in [5.74, 6) is -0.617. The Hall–Kier alpha value is -3.98. The second kappa shape index (κ2) is 10.9. The van der Waals surface area contributed by atoms with Gasteiger partial charge in [0.15, 0.2) is 11.2 Å². The molecule has 9 heteroatoms. The van der Waals surface area contributed by atoms with Crippen molar-refractivity contribution in [3.05, 3.63) is 99.0 Å². The molecule has 208 valence electrons. The largest absolute Gasteiger partial charge is 0.462 e. The summed E-state index contributed by atoms with van der Waals surface area (Å²) in [6, 6.07) is 20.5. The van der Waals surface area contributed by atoms with Gasteiger partial charge in [-0.05, 0) is 30.4 Å². The SMILES string of the molecule is Cn1c(=O)c2c(ncn2CCCN2C3CCC2CC(OC(=O)C(c2ccccc2)c2ccccc2)C3)n(C)c1=O. The highest BCUT2D eigenvalue weighted by molar-refractivity contribution is 5.82. The number of imidazole rings is 1. The van der Waals surface area contributed by atoms with Gasteiger partial charge in [-0.2, -0.15) is 0 Å². The van der Waals surface area contributed by atoms with Crippen molar-refractivity contribution in [3.8, 4) is 0 Å². The second-order valence-electron chi connectivity index (χ2n) is 11.1. The van der Waals surface area contributed by atoms with E-state index < -0.39 is 5.92 Å². The van der Waals surface area contributed by atoms with E-state index >= 15 is 0 Å². The Labute approximate surface area is 232 Å². The number of esters is 1. The summed E-state index contributed by atoms with van der Waals surface area (Å²) in [4.78, 5) is 45.4. The number of fused-ring (bicyclic) bond motifs is 3. The van der Waals surface area contributed by atoms with E-state index in [-0.39, 0.29) is 23.3 Å². The lowest BCUT2D eigenvalue weighted by Gasteiger charge is -2.39. The minimum Gasteiger partial charge on any atom is -0.462 e. The number of nitrogens with zero attached hydrogens (tertiary/aromatic N) is 5. The Morgan fingerprint density at radius 2 is 1.50 bits per heavy atom. The Kier molecular flexibility index (Phi) is 7.14. The van der Waals surface area contributed by atoms with Crippen LogP contribution in [0.1, 0.15) is 49.1 Å². The Morgan fingerprint density at radius 1 is 0.900 bits per heavy atom. The van der Waals surface area contributed by atoms with Gasteiger partial charge in [-0.3, -0.25) is 23.6 Å². The fourth-order valence-corrected chi connectivity index (χ4v) is 6.66. The highest BCUT2D eigenvalue weighted by atomic mass is 16.5. The van der Waals surface area contributed by atoms with Crippen LogP contribution in [0, 0.1) is 0 Å². The lowest BCUT2D eigenvalue weighted by Crippen LogP contribution is -2.46. The monoisotopic (exact) mass is 541 g/mol. The van der Waals surface area contributed by atoms with E-state index in [9.17, 15) is 14.4 Å². The summed E-state index contributed by atoms with van der Waals surface area (Å²) < 4.78 is 10.6. The first kappa shape index (κ1) is 26.3. The third-order valence-electron chi connectivity index (χ3n) is 8.66. The zero-order valence-electron chi connectivity index (χ0n) is 23.0. The molecule has 0 radical (unpaired) electrons. The lowest BCUT2D eigenvalue weighted by molar-refractivity contribution is -0.153. The summed E-state index contributed by atoms with van der Waals surface area (Å²) in [7, 11) is 3.13. The van der Waals surface area contributed by atoms with Crippen LogP contribution in [0.3, 0.4) is 0 Å². The van der Waals surface area contributed by atoms with Crippen LogP contribution in [0.15, 0.2) is 76.6 Å². The third-order valence-corrected chi connectivity index (χ3v) is 8.66. The first-order valence-electron chi connectivity index (χ1n) is 14.1. The van der Waals surface area contributed by atoms with E-state index in [0.29, 0.717) is 29.8 Å². The fraction of sp³-hybridized carbons (Fsp3) is 0.419. The van der Waals surface area contributed by atoms with Gasteiger partial charge in [0.2, 0.25) is 0 Å². The molecular formula is C31H35N5O4. The zero-order valence-corrected chi connectivity index (χ0v) is 23.0. The van der Waals surface area contributed by atoms with Gasteiger partial charge in [0.25, 0.3) is 5.56 Å². The molecule has 4 heterocycles. The van der Waals surface area contributed by atoms with Crippen LogP contribution < -0.4 is 11.2 Å². The smallest absolute Gasteiger partial charge is 0.332 e. The molecule has 6 rings (SSSR count). The molecule has 2 atom stereocenters. The molecule has 2 fully saturated rings. The van der Waals surface area contributed by atoms with Gasteiger partial charge in [0.1, 0.15) is 12.0 Å². The summed E-state index contributed by atoms with van der Waals surface area (Å²) >= 11 is 0. The molecule has 0 N–H and O–H groups in total. The highest BCUT2D eigenvalue weighted by Crippen LogP contribution is 2.38. The average molecular weight is 542 g/mol. The number of hydrogen-bond donors (Lipinski definition) is 0. The number of ether oxygens (including phenoxy) is 1. The molecule has 2 aliphatic rings. The maximum atomic E-state index is 13.5. The van der Waals surface area contributed by atoms with E-state index in [1.165, 1.54) is 11.6 Å². The van der Waals surface area contributed by atoms with Gasteiger partial charge in [0, 0.05) is 52.1 Å². The summed E-state index contributed by atoms with van der Waals surface area (Å²) in [5, 5.41) is 0. The van der Waals surface area contributed by atoms with Gasteiger partial charge in [-0.15, -0.1) is 0 Å². The van der Waals surface area contributed by atoms with Gasteiger partial charge in [0.05, 0.1) is 6.33 Å². The first-order valence-corrected chi connectivity index (χ1v) is 14.1. The zero-order chi connectivity index (χ0) is 27.8. The van der Waals surface area contributed by atoms with Crippen molar-refractivity contribution in [2.24, 2.45) is 14.1 Å². The molecule has 0 aliphatic carbocycles. The van der Waals surface area contributed by atoms with Crippen molar-refractivity contribution in [1.82, 2.24) is 23.6 Å². The minimum atomic E-state index is -0.435. The molecule has 2 aliphatic heterocycles. The van der Waals surface area contributed by atoms with E-state index in [1.807, 2.05) is 65.2 Å². The van der Waals surface area contributed by atoms with E-state index in [1.54, 1.807) is 13.4 Å². The van der Waals surface area contributed by atoms with Crippen LogP contribution in [0.25, 0.3) is 11.2 Å². The van der Waals surface area contributed by atoms with Crippen molar-refractivity contribution in [1.29, 1.82) is 0 Å². The fourth-order valence-electron chi connectivity index (χ4n) is 6.66. The van der Waals surface area contributed by atoms with Crippen molar-refractivity contribution >= 4 is 17.1 Å². The van der Waals surface area contributed by atoms with Gasteiger partial charge in [-0.1, -0.05) is 60.7 Å². The normalized spacial score (nSPS) is 20.8. The molecule has 9 nitrogen and oxygen atoms in total. The van der Waals surface area contributed by atoms with Crippen molar-refractivity contribution in [2.75, 3.05) is 6.54 Å². The number of hydrogen-bond acceptors (Lipinski definition) is 6. The third kappa shape index (κ3) is 4.79. The number of aromatic nitrogens is 4. The standard InChI is InChI=1S/C31H35N5O4/c1-33-28-27(29(37)34(2)31(33)39)35(20-32-28)16-9-17-36-23-14-15-24(36)19-25(18-23)40-30(38)26(21-10-5-3-6-11-21)22-12-7-4-8-13-22/h3-8,10-13,20,23-26H,9,14-19H2,1-2H3. The number of rotatable bonds is 8. The highest BCUT2D eigenvalue weighted by Gasteiger charge is 2.42. The Bertz CT molecular complexity index is 1570. The lowest BCUT2D eigenvalue weighted by atomic mass is 9.91. The molecule has 2 unspecified atom stereocenters. The van der Waals surface area contributed by atoms with Crippen LogP contribution in [-0.4, -0.2) is 54.3 Å². The summed E-state index contributed by atoms with van der Waals surface area (Å²) in [6.45, 7) is 1.55. The Morgan fingerprint density at radius 3 is 2.10 bits per heavy atom. The Balaban J connectivity index is 1.10. The van der Waals surface area contributed by atoms with E-state index in [0.717, 1.165) is 54.3 Å². The molecule has 2 aromatic carbocycles. The summed E-state index contributed by atoms with van der Waals surface area (Å²) in [6.07, 6.45) is 6.33. The second-order valence-corrected chi connectivity index (χ2v) is 11.1. The van der Waals surface area contributed by atoms with Crippen molar-refractivity contribution in [2.45, 2.75) is 62.8 Å². The van der Waals surface area contributed by atoms with E-state index in [2.05, 4.69) is 9.88 Å². The maximum absolute atomic E-state index is 13.5. The van der Waals surface area contributed by atoms with Crippen LogP contribution in [0.4, 0.5) is 0 Å². The van der Waals surface area contributed by atoms with Gasteiger partial charge < -0.3 is 9.30 Å². The van der Waals surface area contributed by atoms with Crippen molar-refractivity contribution < 1.29 is 9.53 Å². The molecule has 0 spiro atoms. The van der Waals surface area contributed by atoms with Gasteiger partial charge in [-0.25, -0.2) is 9.78 Å². The molecular weight excluding hydrogens is 506 g/mol. The maximum Gasteiger partial charge on any atom is 0.332 e. The molecule has 2 aromatic heterocycles. The number of benzene rings is 2. The first-order chi connectivity index (χ1) is 19.4. The van der Waals surface area contributed by atoms with Crippen molar-refractivity contribution in [3.63, 3.8) is 0 Å². The molecule has 0 saturated carbocycles. The molecule has 2 bridgehead atoms. The topological polar surface area (TPSA) is 91.4 Å². The van der Waals surface area contributed by atoms with Crippen LogP contribution in [0.2, 0.25) is 0 Å². The molecule has 0 amide bonds. The summed E-state index contributed by atoms with van der Waals surface area (Å²) in [5.41, 5.74) is 2.08. The van der Waals surface area contributed by atoms with Crippen LogP contribution in [-0.2, 0) is 30.2 Å². The van der Waals surface area contributed by atoms with Crippen LogP contribution in [0.5, 0.6) is 0 Å². The number of carbonyl (C=O) groups excluding carboxylic acids is 1. The molecule has 40 heavy (non-hydrogen) atoms. The predicted molar refractivity (Wildman–Crippen MR) is 152 cm³/mol. The van der Waals surface area contributed by atoms with Crippen LogP contribution >= 0.6 is 0 Å². The average Bonchev–Trinajstić information content (AvgIpc) is 3.49. The molecule has 4 aromatic rings. The number of piperidine rings is 1. The van der Waals surface area contributed by atoms with E-state index in [4.69, 9.17) is 4.74 Å². The number of aryl methyl sites for hydroxylation is 2. The quantitative estimate of drug-likeness (QED) is 0.318. The predicted octanol–water partition coefficient (Wildman–Crippen LogP) is 3.19. The van der Waals surface area contributed by atoms with Gasteiger partial charge >= 0.3 is 11.7 Å².